The molecule has 0 bridgehead atoms. The second-order valence-electron chi connectivity index (χ2n) is 12.2. The van der Waals surface area contributed by atoms with Gasteiger partial charge in [-0.3, -0.25) is 19.1 Å². The van der Waals surface area contributed by atoms with Gasteiger partial charge in [-0.1, -0.05) is 97.2 Å². The number of hydrogen-bond donors (Lipinski definition) is 3. The van der Waals surface area contributed by atoms with Crippen LogP contribution in [0.5, 0.6) is 0 Å². The first-order valence-corrected chi connectivity index (χ1v) is 16.1. The second kappa shape index (κ2) is 13.5. The molecule has 1 saturated carbocycles. The minimum atomic E-state index is -0.532. The lowest BCUT2D eigenvalue weighted by Gasteiger charge is -2.27. The van der Waals surface area contributed by atoms with Gasteiger partial charge in [0.15, 0.2) is 11.2 Å². The summed E-state index contributed by atoms with van der Waals surface area (Å²) in [7, 11) is 1.59. The van der Waals surface area contributed by atoms with Crippen LogP contribution in [0.2, 0.25) is 5.02 Å². The summed E-state index contributed by atoms with van der Waals surface area (Å²) < 4.78 is 3.22. The fourth-order valence-electron chi connectivity index (χ4n) is 6.84. The van der Waals surface area contributed by atoms with E-state index in [0.29, 0.717) is 28.4 Å². The van der Waals surface area contributed by atoms with Gasteiger partial charge in [0, 0.05) is 18.5 Å². The van der Waals surface area contributed by atoms with Crippen molar-refractivity contribution in [3.05, 3.63) is 133 Å². The van der Waals surface area contributed by atoms with E-state index in [2.05, 4.69) is 10.3 Å². The summed E-state index contributed by atoms with van der Waals surface area (Å²) >= 11 is 6.50. The maximum atomic E-state index is 13.9. The van der Waals surface area contributed by atoms with E-state index in [1.807, 2.05) is 90.4 Å². The SMILES string of the molecule is CC(c1ccc(C(C(=O)NC(CO)c2ccccc2)C2CCCC2)cc1)n1c(Cc2ccccc2Cl)nc2c1c(=O)[nH]c(=O)n2C. The molecule has 0 spiro atoms. The Morgan fingerprint density at radius 1 is 0.978 bits per heavy atom. The van der Waals surface area contributed by atoms with Gasteiger partial charge in [0.2, 0.25) is 5.91 Å². The Morgan fingerprint density at radius 3 is 2.30 bits per heavy atom. The first-order chi connectivity index (χ1) is 22.3. The standard InChI is InChI=1S/C36H38ClN5O4/c1-22(42-30(20-27-14-8-9-15-28(27)37)39-33-32(42)35(45)40-36(46)41(33)2)23-16-18-26(19-17-23)31(25-12-6-7-13-25)34(44)38-29(21-43)24-10-4-3-5-11-24/h3-5,8-11,14-19,22,25,29,31,43H,6-7,12-13,20-21H2,1-2H3,(H,38,44)(H,40,45,46). The van der Waals surface area contributed by atoms with E-state index < -0.39 is 17.3 Å². The van der Waals surface area contributed by atoms with Crippen molar-refractivity contribution in [1.82, 2.24) is 24.4 Å². The summed E-state index contributed by atoms with van der Waals surface area (Å²) in [5.74, 6) is 0.362. The van der Waals surface area contributed by atoms with Gasteiger partial charge in [0.1, 0.15) is 5.82 Å². The van der Waals surface area contributed by atoms with Crippen LogP contribution in [0.1, 0.15) is 78.7 Å². The van der Waals surface area contributed by atoms with Gasteiger partial charge in [0.05, 0.1) is 24.6 Å². The van der Waals surface area contributed by atoms with Crippen molar-refractivity contribution < 1.29 is 9.90 Å². The van der Waals surface area contributed by atoms with Crippen LogP contribution in [-0.2, 0) is 18.3 Å². The number of fused-ring (bicyclic) bond motifs is 1. The topological polar surface area (TPSA) is 122 Å². The third kappa shape index (κ3) is 6.17. The van der Waals surface area contributed by atoms with Gasteiger partial charge in [-0.25, -0.2) is 9.78 Å². The van der Waals surface area contributed by atoms with Gasteiger partial charge >= 0.3 is 5.69 Å². The van der Waals surface area contributed by atoms with Crippen molar-refractivity contribution >= 4 is 28.7 Å². The van der Waals surface area contributed by atoms with Crippen molar-refractivity contribution in [2.75, 3.05) is 6.61 Å². The van der Waals surface area contributed by atoms with E-state index in [1.165, 1.54) is 4.57 Å². The first kappa shape index (κ1) is 31.5. The largest absolute Gasteiger partial charge is 0.394 e. The number of imidazole rings is 1. The van der Waals surface area contributed by atoms with Gasteiger partial charge in [-0.2, -0.15) is 0 Å². The van der Waals surface area contributed by atoms with Crippen molar-refractivity contribution in [2.45, 2.75) is 57.0 Å². The molecule has 238 valence electrons. The lowest BCUT2D eigenvalue weighted by Crippen LogP contribution is -2.37. The van der Waals surface area contributed by atoms with E-state index in [0.717, 1.165) is 47.9 Å². The van der Waals surface area contributed by atoms with E-state index in [9.17, 15) is 19.5 Å². The Hall–Kier alpha value is -4.47. The highest BCUT2D eigenvalue weighted by Crippen LogP contribution is 2.38. The number of amides is 1. The molecule has 5 aromatic rings. The van der Waals surface area contributed by atoms with Crippen molar-refractivity contribution in [3.8, 4) is 0 Å². The number of carbonyl (C=O) groups is 1. The molecule has 2 heterocycles. The molecule has 0 radical (unpaired) electrons. The average molecular weight is 640 g/mol. The number of rotatable bonds is 10. The minimum Gasteiger partial charge on any atom is -0.394 e. The van der Waals surface area contributed by atoms with E-state index in [1.54, 1.807) is 7.05 Å². The summed E-state index contributed by atoms with van der Waals surface area (Å²) in [6.45, 7) is 1.80. The molecule has 9 nitrogen and oxygen atoms in total. The van der Waals surface area contributed by atoms with Crippen LogP contribution in [0, 0.1) is 5.92 Å². The molecule has 0 saturated heterocycles. The number of H-pyrrole nitrogens is 1. The highest BCUT2D eigenvalue weighted by molar-refractivity contribution is 6.31. The Bertz CT molecular complexity index is 1960. The van der Waals surface area contributed by atoms with Crippen molar-refractivity contribution in [3.63, 3.8) is 0 Å². The highest BCUT2D eigenvalue weighted by Gasteiger charge is 2.33. The summed E-state index contributed by atoms with van der Waals surface area (Å²) in [4.78, 5) is 46.7. The number of nitrogens with one attached hydrogen (secondary N) is 2. The molecule has 1 amide bonds. The summed E-state index contributed by atoms with van der Waals surface area (Å²) in [5.41, 5.74) is 3.11. The zero-order valence-corrected chi connectivity index (χ0v) is 26.7. The Balaban J connectivity index is 1.35. The number of nitrogens with zero attached hydrogens (tertiary/aromatic N) is 3. The molecule has 2 aromatic heterocycles. The fourth-order valence-corrected chi connectivity index (χ4v) is 7.04. The molecule has 1 aliphatic carbocycles. The number of aromatic nitrogens is 4. The molecule has 1 fully saturated rings. The molecule has 10 heteroatoms. The Labute approximate surface area is 271 Å². The number of aliphatic hydroxyl groups is 1. The summed E-state index contributed by atoms with van der Waals surface area (Å²) in [6, 6.07) is 24.2. The number of halogens is 1. The normalized spacial score (nSPS) is 15.6. The maximum absolute atomic E-state index is 13.9. The van der Waals surface area contributed by atoms with Crippen LogP contribution in [0.4, 0.5) is 0 Å². The zero-order chi connectivity index (χ0) is 32.4. The van der Waals surface area contributed by atoms with E-state index in [4.69, 9.17) is 16.6 Å². The van der Waals surface area contributed by atoms with Gasteiger partial charge in [-0.15, -0.1) is 0 Å². The van der Waals surface area contributed by atoms with Crippen LogP contribution in [0.25, 0.3) is 11.2 Å². The molecular weight excluding hydrogens is 602 g/mol. The van der Waals surface area contributed by atoms with Crippen LogP contribution in [-0.4, -0.2) is 36.7 Å². The number of benzene rings is 3. The number of aryl methyl sites for hydroxylation is 1. The summed E-state index contributed by atoms with van der Waals surface area (Å²) in [5, 5.41) is 13.8. The predicted octanol–water partition coefficient (Wildman–Crippen LogP) is 5.40. The fraction of sp³-hybridized carbons (Fsp3) is 0.333. The number of aromatic amines is 1. The second-order valence-corrected chi connectivity index (χ2v) is 12.6. The van der Waals surface area contributed by atoms with Crippen LogP contribution >= 0.6 is 11.6 Å². The molecule has 3 unspecified atom stereocenters. The Morgan fingerprint density at radius 2 is 1.63 bits per heavy atom. The van der Waals surface area contributed by atoms with Crippen LogP contribution in [0.3, 0.4) is 0 Å². The van der Waals surface area contributed by atoms with E-state index >= 15 is 0 Å². The number of aliphatic hydroxyl groups excluding tert-OH is 1. The number of carbonyl (C=O) groups excluding carboxylic acids is 1. The Kier molecular flexibility index (Phi) is 9.24. The third-order valence-corrected chi connectivity index (χ3v) is 9.72. The number of hydrogen-bond acceptors (Lipinski definition) is 5. The third-order valence-electron chi connectivity index (χ3n) is 9.35. The average Bonchev–Trinajstić information content (AvgIpc) is 3.73. The molecule has 3 N–H and O–H groups in total. The molecule has 46 heavy (non-hydrogen) atoms. The monoisotopic (exact) mass is 639 g/mol. The van der Waals surface area contributed by atoms with E-state index in [-0.39, 0.29) is 30.4 Å². The van der Waals surface area contributed by atoms with Gasteiger partial charge in [0.25, 0.3) is 5.56 Å². The van der Waals surface area contributed by atoms with Crippen LogP contribution < -0.4 is 16.6 Å². The maximum Gasteiger partial charge on any atom is 0.329 e. The summed E-state index contributed by atoms with van der Waals surface area (Å²) in [6.07, 6.45) is 4.48. The molecule has 3 atom stereocenters. The molecular formula is C36H38ClN5O4. The molecule has 1 aliphatic rings. The lowest BCUT2D eigenvalue weighted by atomic mass is 9.83. The van der Waals surface area contributed by atoms with Crippen molar-refractivity contribution in [2.24, 2.45) is 13.0 Å². The van der Waals surface area contributed by atoms with Crippen LogP contribution in [0.15, 0.2) is 88.5 Å². The molecule has 6 rings (SSSR count). The molecule has 3 aromatic carbocycles. The lowest BCUT2D eigenvalue weighted by molar-refractivity contribution is -0.124. The minimum absolute atomic E-state index is 0.0920. The predicted molar refractivity (Wildman–Crippen MR) is 179 cm³/mol. The van der Waals surface area contributed by atoms with Gasteiger partial charge < -0.3 is 15.0 Å². The first-order valence-electron chi connectivity index (χ1n) is 15.8. The zero-order valence-electron chi connectivity index (χ0n) is 25.9. The van der Waals surface area contributed by atoms with Gasteiger partial charge in [-0.05, 0) is 54.0 Å². The molecule has 0 aliphatic heterocycles. The van der Waals surface area contributed by atoms with Crippen molar-refractivity contribution in [1.29, 1.82) is 0 Å². The quantitative estimate of drug-likeness (QED) is 0.189. The highest BCUT2D eigenvalue weighted by atomic mass is 35.5. The smallest absolute Gasteiger partial charge is 0.329 e.